The number of anilines is 1. The Morgan fingerprint density at radius 3 is 2.43 bits per heavy atom. The molecule has 0 spiro atoms. The van der Waals surface area contributed by atoms with E-state index in [0.29, 0.717) is 23.5 Å². The van der Waals surface area contributed by atoms with Gasteiger partial charge >= 0.3 is 0 Å². The van der Waals surface area contributed by atoms with Gasteiger partial charge in [-0.05, 0) is 58.2 Å². The first-order valence-corrected chi connectivity index (χ1v) is 10.3. The van der Waals surface area contributed by atoms with Crippen molar-refractivity contribution in [3.63, 3.8) is 0 Å². The number of nitrogens with one attached hydrogen (secondary N) is 1. The number of ether oxygens (including phenoxy) is 1. The fraction of sp³-hybridized carbons (Fsp3) is 0.167. The van der Waals surface area contributed by atoms with Crippen LogP contribution in [-0.2, 0) is 11.3 Å². The van der Waals surface area contributed by atoms with E-state index in [2.05, 4.69) is 21.2 Å². The summed E-state index contributed by atoms with van der Waals surface area (Å²) in [7, 11) is 1.74. The predicted molar refractivity (Wildman–Crippen MR) is 122 cm³/mol. The van der Waals surface area contributed by atoms with Gasteiger partial charge in [0.25, 0.3) is 11.8 Å². The third-order valence-corrected chi connectivity index (χ3v) is 5.11. The van der Waals surface area contributed by atoms with Gasteiger partial charge in [-0.25, -0.2) is 0 Å². The molecule has 3 aromatic carbocycles. The maximum atomic E-state index is 12.9. The average Bonchev–Trinajstić information content (AvgIpc) is 2.73. The summed E-state index contributed by atoms with van der Waals surface area (Å²) in [6.45, 7) is 2.29. The van der Waals surface area contributed by atoms with Gasteiger partial charge in [0.15, 0.2) is 6.61 Å². The van der Waals surface area contributed by atoms with Crippen molar-refractivity contribution in [1.29, 1.82) is 0 Å². The molecule has 0 saturated heterocycles. The van der Waals surface area contributed by atoms with Gasteiger partial charge in [0.05, 0.1) is 15.7 Å². The van der Waals surface area contributed by atoms with E-state index in [0.717, 1.165) is 15.6 Å². The fourth-order valence-corrected chi connectivity index (χ4v) is 3.57. The molecule has 3 aromatic rings. The quantitative estimate of drug-likeness (QED) is 0.529. The Kier molecular flexibility index (Phi) is 7.25. The molecule has 0 aliphatic carbocycles. The molecule has 0 fully saturated rings. The normalized spacial score (nSPS) is 10.4. The van der Waals surface area contributed by atoms with Gasteiger partial charge in [0.2, 0.25) is 0 Å². The van der Waals surface area contributed by atoms with Gasteiger partial charge in [0, 0.05) is 13.6 Å². The second kappa shape index (κ2) is 10.1. The van der Waals surface area contributed by atoms with E-state index in [9.17, 15) is 9.59 Å². The number of aryl methyl sites for hydroxylation is 1. The first-order chi connectivity index (χ1) is 14.4. The Bertz CT molecular complexity index is 1040. The molecule has 0 unspecified atom stereocenters. The minimum absolute atomic E-state index is 0.163. The van der Waals surface area contributed by atoms with Crippen molar-refractivity contribution < 1.29 is 14.3 Å². The molecule has 0 saturated carbocycles. The summed E-state index contributed by atoms with van der Waals surface area (Å²) in [5.41, 5.74) is 3.01. The van der Waals surface area contributed by atoms with E-state index in [1.165, 1.54) is 0 Å². The lowest BCUT2D eigenvalue weighted by Crippen LogP contribution is -2.28. The van der Waals surface area contributed by atoms with Gasteiger partial charge in [-0.3, -0.25) is 9.59 Å². The third kappa shape index (κ3) is 5.70. The second-order valence-corrected chi connectivity index (χ2v) is 7.82. The lowest BCUT2D eigenvalue weighted by Gasteiger charge is -2.19. The highest BCUT2D eigenvalue weighted by molar-refractivity contribution is 9.10. The van der Waals surface area contributed by atoms with E-state index in [1.807, 2.05) is 55.5 Å². The zero-order valence-electron chi connectivity index (χ0n) is 16.9. The smallest absolute Gasteiger partial charge is 0.262 e. The Morgan fingerprint density at radius 1 is 1.00 bits per heavy atom. The molecule has 0 atom stereocenters. The molecule has 0 aliphatic rings. The molecule has 6 heteroatoms. The summed E-state index contributed by atoms with van der Waals surface area (Å²) < 4.78 is 6.38. The van der Waals surface area contributed by atoms with Crippen LogP contribution in [0.2, 0.25) is 0 Å². The summed E-state index contributed by atoms with van der Waals surface area (Å²) in [6, 6.07) is 22.4. The number of amides is 2. The highest BCUT2D eigenvalue weighted by Crippen LogP contribution is 2.26. The molecule has 0 heterocycles. The zero-order chi connectivity index (χ0) is 21.5. The van der Waals surface area contributed by atoms with Gasteiger partial charge in [-0.1, -0.05) is 48.5 Å². The van der Waals surface area contributed by atoms with Crippen molar-refractivity contribution in [2.45, 2.75) is 13.5 Å². The monoisotopic (exact) mass is 466 g/mol. The van der Waals surface area contributed by atoms with Gasteiger partial charge in [0.1, 0.15) is 5.75 Å². The van der Waals surface area contributed by atoms with Gasteiger partial charge in [-0.2, -0.15) is 0 Å². The van der Waals surface area contributed by atoms with Crippen LogP contribution in [0.4, 0.5) is 5.69 Å². The topological polar surface area (TPSA) is 58.6 Å². The summed E-state index contributed by atoms with van der Waals surface area (Å²) in [5.74, 6) is 0.0769. The lowest BCUT2D eigenvalue weighted by molar-refractivity contribution is -0.118. The molecule has 30 heavy (non-hydrogen) atoms. The number of hydrogen-bond donors (Lipinski definition) is 1. The number of benzene rings is 3. The highest BCUT2D eigenvalue weighted by atomic mass is 79.9. The van der Waals surface area contributed by atoms with Crippen LogP contribution in [0, 0.1) is 6.92 Å². The number of carbonyl (C=O) groups excluding carboxylic acids is 2. The average molecular weight is 467 g/mol. The summed E-state index contributed by atoms with van der Waals surface area (Å²) in [4.78, 5) is 27.0. The summed E-state index contributed by atoms with van der Waals surface area (Å²) >= 11 is 3.43. The molecule has 154 valence electrons. The molecule has 0 aliphatic heterocycles. The highest BCUT2D eigenvalue weighted by Gasteiger charge is 2.17. The number of halogens is 1. The van der Waals surface area contributed by atoms with Crippen molar-refractivity contribution in [2.24, 2.45) is 0 Å². The van der Waals surface area contributed by atoms with Gasteiger partial charge < -0.3 is 15.0 Å². The van der Waals surface area contributed by atoms with Crippen LogP contribution in [0.5, 0.6) is 5.75 Å². The van der Waals surface area contributed by atoms with E-state index in [1.54, 1.807) is 36.2 Å². The third-order valence-electron chi connectivity index (χ3n) is 4.49. The molecule has 0 radical (unpaired) electrons. The Morgan fingerprint density at radius 2 is 1.70 bits per heavy atom. The molecule has 2 amide bonds. The molecule has 0 aromatic heterocycles. The zero-order valence-corrected chi connectivity index (χ0v) is 18.5. The maximum Gasteiger partial charge on any atom is 0.262 e. The van der Waals surface area contributed by atoms with E-state index < -0.39 is 0 Å². The van der Waals surface area contributed by atoms with Crippen LogP contribution >= 0.6 is 15.9 Å². The van der Waals surface area contributed by atoms with Crippen LogP contribution < -0.4 is 10.1 Å². The molecular weight excluding hydrogens is 444 g/mol. The van der Waals surface area contributed by atoms with Crippen molar-refractivity contribution in [2.75, 3.05) is 19.0 Å². The minimum Gasteiger partial charge on any atom is -0.483 e. The van der Waals surface area contributed by atoms with Crippen LogP contribution in [0.1, 0.15) is 21.5 Å². The number of carbonyl (C=O) groups is 2. The predicted octanol–water partition coefficient (Wildman–Crippen LogP) is 5.05. The maximum absolute atomic E-state index is 12.9. The van der Waals surface area contributed by atoms with Crippen LogP contribution in [0.3, 0.4) is 0 Å². The molecule has 1 N–H and O–H groups in total. The number of rotatable bonds is 7. The van der Waals surface area contributed by atoms with E-state index in [-0.39, 0.29) is 18.4 Å². The summed E-state index contributed by atoms with van der Waals surface area (Å²) in [5, 5.41) is 2.78. The Labute approximate surface area is 184 Å². The van der Waals surface area contributed by atoms with Crippen LogP contribution in [-0.4, -0.2) is 30.4 Å². The SMILES string of the molecule is Cc1ccc(OCC(=O)Nc2ccccc2C(=O)N(C)Cc2ccccc2)c(Br)c1. The number of para-hydroxylation sites is 1. The first kappa shape index (κ1) is 21.6. The fourth-order valence-electron chi connectivity index (χ4n) is 2.97. The Hall–Kier alpha value is -3.12. The lowest BCUT2D eigenvalue weighted by atomic mass is 10.1. The van der Waals surface area contributed by atoms with Crippen molar-refractivity contribution in [3.05, 3.63) is 94.0 Å². The van der Waals surface area contributed by atoms with E-state index >= 15 is 0 Å². The second-order valence-electron chi connectivity index (χ2n) is 6.96. The molecule has 3 rings (SSSR count). The van der Waals surface area contributed by atoms with Gasteiger partial charge in [-0.15, -0.1) is 0 Å². The number of nitrogens with zero attached hydrogens (tertiary/aromatic N) is 1. The largest absolute Gasteiger partial charge is 0.483 e. The molecular formula is C24H23BrN2O3. The first-order valence-electron chi connectivity index (χ1n) is 9.51. The van der Waals surface area contributed by atoms with E-state index in [4.69, 9.17) is 4.74 Å². The van der Waals surface area contributed by atoms with Crippen molar-refractivity contribution in [3.8, 4) is 5.75 Å². The van der Waals surface area contributed by atoms with Crippen LogP contribution in [0.25, 0.3) is 0 Å². The molecule has 0 bridgehead atoms. The minimum atomic E-state index is -0.339. The number of hydrogen-bond acceptors (Lipinski definition) is 3. The summed E-state index contributed by atoms with van der Waals surface area (Å²) in [6.07, 6.45) is 0. The van der Waals surface area contributed by atoms with Crippen molar-refractivity contribution in [1.82, 2.24) is 4.90 Å². The van der Waals surface area contributed by atoms with Crippen LogP contribution in [0.15, 0.2) is 77.3 Å². The Balaban J connectivity index is 1.65. The molecule has 5 nitrogen and oxygen atoms in total. The standard InChI is InChI=1S/C24H23BrN2O3/c1-17-12-13-22(20(25)14-17)30-16-23(28)26-21-11-7-6-10-19(21)24(29)27(2)15-18-8-4-3-5-9-18/h3-14H,15-16H2,1-2H3,(H,26,28). The van der Waals surface area contributed by atoms with Crippen molar-refractivity contribution >= 4 is 33.4 Å².